The molecule has 0 unspecified atom stereocenters. The molecule has 0 aliphatic heterocycles. The standard InChI is InChI=1S/C20H23ClN2O5S/c1-15(24)16-7-9-18(10-8-16)29(26,27)23(14-20(25)22-11-12-28-2)13-17-5-3-4-6-19(17)21/h3-10H,11-14H2,1-2H3,(H,22,25). The van der Waals surface area contributed by atoms with Crippen molar-refractivity contribution >= 4 is 33.3 Å². The first-order chi connectivity index (χ1) is 13.8. The van der Waals surface area contributed by atoms with Crippen LogP contribution in [0, 0.1) is 0 Å². The van der Waals surface area contributed by atoms with Crippen LogP contribution in [-0.4, -0.2) is 51.2 Å². The molecule has 0 fully saturated rings. The molecular formula is C20H23ClN2O5S. The molecule has 1 N–H and O–H groups in total. The molecule has 0 aliphatic rings. The largest absolute Gasteiger partial charge is 0.383 e. The minimum absolute atomic E-state index is 0.0146. The molecule has 9 heteroatoms. The summed E-state index contributed by atoms with van der Waals surface area (Å²) in [6, 6.07) is 12.4. The predicted octanol–water partition coefficient (Wildman–Crippen LogP) is 2.50. The Labute approximate surface area is 175 Å². The normalized spacial score (nSPS) is 11.4. The number of hydrogen-bond acceptors (Lipinski definition) is 5. The van der Waals surface area contributed by atoms with Crippen molar-refractivity contribution in [3.05, 3.63) is 64.7 Å². The molecule has 0 radical (unpaired) electrons. The summed E-state index contributed by atoms with van der Waals surface area (Å²) in [7, 11) is -2.51. The quantitative estimate of drug-likeness (QED) is 0.454. The van der Waals surface area contributed by atoms with E-state index < -0.39 is 15.9 Å². The second kappa shape index (κ2) is 10.5. The number of ether oxygens (including phenoxy) is 1. The van der Waals surface area contributed by atoms with Gasteiger partial charge in [-0.05, 0) is 30.7 Å². The molecule has 0 spiro atoms. The first kappa shape index (κ1) is 23.0. The maximum Gasteiger partial charge on any atom is 0.243 e. The molecule has 29 heavy (non-hydrogen) atoms. The van der Waals surface area contributed by atoms with Crippen LogP contribution in [-0.2, 0) is 26.1 Å². The van der Waals surface area contributed by atoms with E-state index in [2.05, 4.69) is 5.32 Å². The van der Waals surface area contributed by atoms with E-state index in [0.29, 0.717) is 22.8 Å². The average molecular weight is 439 g/mol. The SMILES string of the molecule is COCCNC(=O)CN(Cc1ccccc1Cl)S(=O)(=O)c1ccc(C(C)=O)cc1. The van der Waals surface area contributed by atoms with Crippen LogP contribution in [0.25, 0.3) is 0 Å². The van der Waals surface area contributed by atoms with Crippen LogP contribution in [0.5, 0.6) is 0 Å². The van der Waals surface area contributed by atoms with Gasteiger partial charge < -0.3 is 10.1 Å². The molecule has 2 aromatic rings. The summed E-state index contributed by atoms with van der Waals surface area (Å²) in [5.41, 5.74) is 0.974. The van der Waals surface area contributed by atoms with E-state index in [-0.39, 0.29) is 30.3 Å². The Hall–Kier alpha value is -2.26. The molecule has 1 amide bonds. The van der Waals surface area contributed by atoms with Gasteiger partial charge in [0.05, 0.1) is 18.0 Å². The first-order valence-corrected chi connectivity index (χ1v) is 10.7. The minimum Gasteiger partial charge on any atom is -0.383 e. The zero-order valence-electron chi connectivity index (χ0n) is 16.2. The van der Waals surface area contributed by atoms with Crippen LogP contribution in [0.15, 0.2) is 53.4 Å². The summed E-state index contributed by atoms with van der Waals surface area (Å²) in [6.45, 7) is 1.52. The number of carbonyl (C=O) groups excluding carboxylic acids is 2. The van der Waals surface area contributed by atoms with Crippen molar-refractivity contribution < 1.29 is 22.7 Å². The molecule has 156 valence electrons. The van der Waals surface area contributed by atoms with Crippen LogP contribution in [0.2, 0.25) is 5.02 Å². The summed E-state index contributed by atoms with van der Waals surface area (Å²) in [6.07, 6.45) is 0. The van der Waals surface area contributed by atoms with Crippen molar-refractivity contribution in [2.45, 2.75) is 18.4 Å². The Morgan fingerprint density at radius 1 is 1.10 bits per heavy atom. The van der Waals surface area contributed by atoms with E-state index in [4.69, 9.17) is 16.3 Å². The third kappa shape index (κ3) is 6.37. The number of sulfonamides is 1. The van der Waals surface area contributed by atoms with Crippen molar-refractivity contribution in [2.24, 2.45) is 0 Å². The van der Waals surface area contributed by atoms with Gasteiger partial charge in [-0.2, -0.15) is 4.31 Å². The van der Waals surface area contributed by atoms with Crippen LogP contribution in [0.1, 0.15) is 22.8 Å². The number of hydrogen-bond donors (Lipinski definition) is 1. The maximum absolute atomic E-state index is 13.2. The summed E-state index contributed by atoms with van der Waals surface area (Å²) in [5.74, 6) is -0.627. The molecule has 7 nitrogen and oxygen atoms in total. The van der Waals surface area contributed by atoms with Gasteiger partial charge in [-0.25, -0.2) is 8.42 Å². The van der Waals surface area contributed by atoms with E-state index in [1.807, 2.05) is 0 Å². The lowest BCUT2D eigenvalue weighted by Gasteiger charge is -2.22. The second-order valence-electron chi connectivity index (χ2n) is 6.29. The van der Waals surface area contributed by atoms with Gasteiger partial charge in [-0.3, -0.25) is 9.59 Å². The highest BCUT2D eigenvalue weighted by molar-refractivity contribution is 7.89. The Morgan fingerprint density at radius 2 is 1.76 bits per heavy atom. The van der Waals surface area contributed by atoms with Gasteiger partial charge in [0.1, 0.15) is 0 Å². The molecule has 0 heterocycles. The fraction of sp³-hybridized carbons (Fsp3) is 0.300. The van der Waals surface area contributed by atoms with Gasteiger partial charge in [-0.15, -0.1) is 0 Å². The van der Waals surface area contributed by atoms with Crippen molar-refractivity contribution in [2.75, 3.05) is 26.8 Å². The highest BCUT2D eigenvalue weighted by atomic mass is 35.5. The van der Waals surface area contributed by atoms with Gasteiger partial charge in [0.2, 0.25) is 15.9 Å². The van der Waals surface area contributed by atoms with Gasteiger partial charge in [0.15, 0.2) is 5.78 Å². The van der Waals surface area contributed by atoms with E-state index >= 15 is 0 Å². The highest BCUT2D eigenvalue weighted by Crippen LogP contribution is 2.22. The molecule has 0 saturated carbocycles. The molecular weight excluding hydrogens is 416 g/mol. The van der Waals surface area contributed by atoms with Gasteiger partial charge in [0, 0.05) is 30.8 Å². The number of halogens is 1. The smallest absolute Gasteiger partial charge is 0.243 e. The average Bonchev–Trinajstić information content (AvgIpc) is 2.69. The number of nitrogens with zero attached hydrogens (tertiary/aromatic N) is 1. The molecule has 0 atom stereocenters. The fourth-order valence-corrected chi connectivity index (χ4v) is 4.13. The fourth-order valence-electron chi connectivity index (χ4n) is 2.56. The van der Waals surface area contributed by atoms with E-state index in [9.17, 15) is 18.0 Å². The predicted molar refractivity (Wildman–Crippen MR) is 110 cm³/mol. The Balaban J connectivity index is 2.32. The van der Waals surface area contributed by atoms with Crippen molar-refractivity contribution in [3.8, 4) is 0 Å². The van der Waals surface area contributed by atoms with Crippen LogP contribution in [0.4, 0.5) is 0 Å². The number of Topliss-reactive ketones (excluding diaryl/α,β-unsaturated/α-hetero) is 1. The first-order valence-electron chi connectivity index (χ1n) is 8.86. The Bertz CT molecular complexity index is 961. The number of amides is 1. The summed E-state index contributed by atoms with van der Waals surface area (Å²) in [4.78, 5) is 23.7. The molecule has 0 aromatic heterocycles. The third-order valence-electron chi connectivity index (χ3n) is 4.15. The third-order valence-corrected chi connectivity index (χ3v) is 6.33. The Kier molecular flexibility index (Phi) is 8.33. The van der Waals surface area contributed by atoms with E-state index in [1.165, 1.54) is 38.3 Å². The topological polar surface area (TPSA) is 92.8 Å². The second-order valence-corrected chi connectivity index (χ2v) is 8.63. The lowest BCUT2D eigenvalue weighted by molar-refractivity contribution is -0.121. The molecule has 0 bridgehead atoms. The van der Waals surface area contributed by atoms with E-state index in [1.54, 1.807) is 24.3 Å². The van der Waals surface area contributed by atoms with Crippen LogP contribution < -0.4 is 5.32 Å². The number of benzene rings is 2. The zero-order chi connectivity index (χ0) is 21.4. The van der Waals surface area contributed by atoms with Crippen LogP contribution >= 0.6 is 11.6 Å². The van der Waals surface area contributed by atoms with Gasteiger partial charge in [-0.1, -0.05) is 41.9 Å². The van der Waals surface area contributed by atoms with Crippen molar-refractivity contribution in [3.63, 3.8) is 0 Å². The number of carbonyl (C=O) groups is 2. The van der Waals surface area contributed by atoms with Gasteiger partial charge >= 0.3 is 0 Å². The highest BCUT2D eigenvalue weighted by Gasteiger charge is 2.27. The zero-order valence-corrected chi connectivity index (χ0v) is 17.8. The maximum atomic E-state index is 13.2. The monoisotopic (exact) mass is 438 g/mol. The molecule has 2 rings (SSSR count). The van der Waals surface area contributed by atoms with Crippen molar-refractivity contribution in [1.29, 1.82) is 0 Å². The molecule has 2 aromatic carbocycles. The number of ketones is 1. The van der Waals surface area contributed by atoms with Crippen LogP contribution in [0.3, 0.4) is 0 Å². The molecule has 0 aliphatic carbocycles. The summed E-state index contributed by atoms with van der Waals surface area (Å²) < 4.78 is 32.3. The lowest BCUT2D eigenvalue weighted by atomic mass is 10.2. The summed E-state index contributed by atoms with van der Waals surface area (Å²) in [5, 5.41) is 3.02. The van der Waals surface area contributed by atoms with E-state index in [0.717, 1.165) is 4.31 Å². The minimum atomic E-state index is -4.01. The Morgan fingerprint density at radius 3 is 2.34 bits per heavy atom. The number of methoxy groups -OCH3 is 1. The van der Waals surface area contributed by atoms with Crippen molar-refractivity contribution in [1.82, 2.24) is 9.62 Å². The number of rotatable bonds is 10. The summed E-state index contributed by atoms with van der Waals surface area (Å²) >= 11 is 6.18. The van der Waals surface area contributed by atoms with Gasteiger partial charge in [0.25, 0.3) is 0 Å². The lowest BCUT2D eigenvalue weighted by Crippen LogP contribution is -2.41. The molecule has 0 saturated heterocycles. The number of nitrogens with one attached hydrogen (secondary N) is 1.